The summed E-state index contributed by atoms with van der Waals surface area (Å²) in [4.78, 5) is 13.1. The molecule has 0 unspecified atom stereocenters. The highest BCUT2D eigenvalue weighted by Gasteiger charge is 2.29. The van der Waals surface area contributed by atoms with E-state index in [1.165, 1.54) is 43.5 Å². The van der Waals surface area contributed by atoms with Gasteiger partial charge in [-0.1, -0.05) is 30.3 Å². The van der Waals surface area contributed by atoms with Crippen molar-refractivity contribution in [1.82, 2.24) is 0 Å². The number of benzene rings is 4. The van der Waals surface area contributed by atoms with Crippen LogP contribution in [0, 0.1) is 0 Å². The fourth-order valence-corrected chi connectivity index (χ4v) is 6.39. The van der Waals surface area contributed by atoms with Gasteiger partial charge in [0.2, 0.25) is 5.91 Å². The first kappa shape index (κ1) is 29.4. The molecule has 0 aliphatic heterocycles. The summed E-state index contributed by atoms with van der Waals surface area (Å²) in [5.74, 6) is 0.258. The second-order valence-electron chi connectivity index (χ2n) is 8.63. The first-order valence-electron chi connectivity index (χ1n) is 12.5. The van der Waals surface area contributed by atoms with Crippen LogP contribution in [0.15, 0.2) is 113 Å². The minimum absolute atomic E-state index is 0.0121. The number of amides is 1. The second-order valence-corrected chi connectivity index (χ2v) is 12.2. The van der Waals surface area contributed by atoms with Gasteiger partial charge in [-0.25, -0.2) is 16.8 Å². The van der Waals surface area contributed by atoms with Crippen LogP contribution in [-0.2, 0) is 24.8 Å². The maximum Gasteiger partial charge on any atom is 0.264 e. The van der Waals surface area contributed by atoms with Crippen molar-refractivity contribution in [2.45, 2.75) is 16.7 Å². The van der Waals surface area contributed by atoms with Crippen molar-refractivity contribution in [1.29, 1.82) is 0 Å². The molecular weight excluding hydrogens is 566 g/mol. The van der Waals surface area contributed by atoms with Gasteiger partial charge in [0.1, 0.15) is 18.0 Å². The van der Waals surface area contributed by atoms with Crippen LogP contribution in [0.5, 0.6) is 11.5 Å². The molecule has 0 saturated carbocycles. The largest absolute Gasteiger partial charge is 0.497 e. The number of nitrogens with one attached hydrogen (secondary N) is 2. The fourth-order valence-electron chi connectivity index (χ4n) is 3.88. The molecule has 0 radical (unpaired) electrons. The lowest BCUT2D eigenvalue weighted by Crippen LogP contribution is -2.38. The number of carbonyl (C=O) groups excluding carboxylic acids is 1. The molecule has 0 aliphatic carbocycles. The zero-order valence-corrected chi connectivity index (χ0v) is 24.0. The van der Waals surface area contributed by atoms with E-state index in [-0.39, 0.29) is 21.2 Å². The quantitative estimate of drug-likeness (QED) is 0.242. The van der Waals surface area contributed by atoms with Gasteiger partial charge in [-0.05, 0) is 79.7 Å². The van der Waals surface area contributed by atoms with Crippen LogP contribution in [-0.4, -0.2) is 43.0 Å². The lowest BCUT2D eigenvalue weighted by Gasteiger charge is -2.26. The van der Waals surface area contributed by atoms with Crippen LogP contribution < -0.4 is 23.8 Å². The van der Waals surface area contributed by atoms with Crippen LogP contribution >= 0.6 is 0 Å². The van der Waals surface area contributed by atoms with E-state index in [1.54, 1.807) is 73.7 Å². The Bertz CT molecular complexity index is 1690. The van der Waals surface area contributed by atoms with Gasteiger partial charge in [0.05, 0.1) is 29.2 Å². The Balaban J connectivity index is 1.54. The highest BCUT2D eigenvalue weighted by molar-refractivity contribution is 7.93. The molecule has 0 spiro atoms. The highest BCUT2D eigenvalue weighted by atomic mass is 32.2. The van der Waals surface area contributed by atoms with Gasteiger partial charge in [-0.3, -0.25) is 13.8 Å². The van der Waals surface area contributed by atoms with Gasteiger partial charge in [-0.15, -0.1) is 0 Å². The number of hydrogen-bond donors (Lipinski definition) is 2. The number of sulfonamides is 2. The Hall–Kier alpha value is -4.55. The summed E-state index contributed by atoms with van der Waals surface area (Å²) in [5, 5.41) is 2.64. The maximum absolute atomic E-state index is 13.6. The molecule has 0 saturated heterocycles. The fraction of sp³-hybridized carbons (Fsp3) is 0.138. The Morgan fingerprint density at radius 3 is 2.00 bits per heavy atom. The Labute approximate surface area is 239 Å². The number of methoxy groups -OCH3 is 1. The highest BCUT2D eigenvalue weighted by Crippen LogP contribution is 2.32. The topological polar surface area (TPSA) is 131 Å². The molecule has 0 atom stereocenters. The Kier molecular flexibility index (Phi) is 9.15. The Morgan fingerprint density at radius 2 is 1.37 bits per heavy atom. The van der Waals surface area contributed by atoms with E-state index in [9.17, 15) is 21.6 Å². The van der Waals surface area contributed by atoms with Gasteiger partial charge in [0.15, 0.2) is 0 Å². The zero-order chi connectivity index (χ0) is 29.5. The van der Waals surface area contributed by atoms with Crippen molar-refractivity contribution in [2.75, 3.05) is 34.6 Å². The van der Waals surface area contributed by atoms with Crippen molar-refractivity contribution in [3.8, 4) is 11.5 Å². The molecule has 214 valence electrons. The Morgan fingerprint density at radius 1 is 0.756 bits per heavy atom. The summed E-state index contributed by atoms with van der Waals surface area (Å²) in [6.45, 7) is 1.52. The van der Waals surface area contributed by atoms with Crippen molar-refractivity contribution in [2.24, 2.45) is 0 Å². The standard InChI is InChI=1S/C29H29N3O7S2/c1-3-39-28-12-8-7-11-27(28)32(41(36,37)26-9-5-4-6-10-26)21-29(33)30-22-15-19-25(20-16-22)40(34,35)31-23-13-17-24(38-2)18-14-23/h4-20,31H,3,21H2,1-2H3,(H,30,33). The molecule has 0 fully saturated rings. The molecule has 41 heavy (non-hydrogen) atoms. The maximum atomic E-state index is 13.6. The van der Waals surface area contributed by atoms with Crippen molar-refractivity contribution < 1.29 is 31.1 Å². The predicted molar refractivity (Wildman–Crippen MR) is 157 cm³/mol. The number of carbonyl (C=O) groups is 1. The van der Waals surface area contributed by atoms with Crippen LogP contribution in [0.1, 0.15) is 6.92 Å². The van der Waals surface area contributed by atoms with Gasteiger partial charge in [0, 0.05) is 11.4 Å². The summed E-state index contributed by atoms with van der Waals surface area (Å²) >= 11 is 0. The summed E-state index contributed by atoms with van der Waals surface area (Å²) in [6.07, 6.45) is 0. The van der Waals surface area contributed by atoms with Crippen LogP contribution in [0.25, 0.3) is 0 Å². The van der Waals surface area contributed by atoms with Crippen molar-refractivity contribution in [3.63, 3.8) is 0 Å². The van der Waals surface area contributed by atoms with E-state index in [2.05, 4.69) is 10.0 Å². The summed E-state index contributed by atoms with van der Waals surface area (Å²) in [5.41, 5.74) is 0.850. The molecule has 1 amide bonds. The van der Waals surface area contributed by atoms with Gasteiger partial charge < -0.3 is 14.8 Å². The van der Waals surface area contributed by atoms with Crippen LogP contribution in [0.2, 0.25) is 0 Å². The van der Waals surface area contributed by atoms with Gasteiger partial charge in [0.25, 0.3) is 20.0 Å². The van der Waals surface area contributed by atoms with E-state index >= 15 is 0 Å². The van der Waals surface area contributed by atoms with Crippen LogP contribution in [0.4, 0.5) is 17.1 Å². The van der Waals surface area contributed by atoms with E-state index in [4.69, 9.17) is 9.47 Å². The molecule has 0 heterocycles. The molecule has 0 aliphatic rings. The van der Waals surface area contributed by atoms with Gasteiger partial charge >= 0.3 is 0 Å². The first-order chi connectivity index (χ1) is 19.6. The predicted octanol–water partition coefficient (Wildman–Crippen LogP) is 4.73. The lowest BCUT2D eigenvalue weighted by atomic mass is 10.3. The van der Waals surface area contributed by atoms with E-state index < -0.39 is 32.5 Å². The average molecular weight is 596 g/mol. The minimum atomic E-state index is -4.15. The molecule has 4 rings (SSSR count). The number of hydrogen-bond acceptors (Lipinski definition) is 7. The van der Waals surface area contributed by atoms with Crippen molar-refractivity contribution in [3.05, 3.63) is 103 Å². The van der Waals surface area contributed by atoms with E-state index in [1.807, 2.05) is 0 Å². The normalized spacial score (nSPS) is 11.4. The number of nitrogens with zero attached hydrogens (tertiary/aromatic N) is 1. The molecule has 4 aromatic rings. The van der Waals surface area contributed by atoms with Gasteiger partial charge in [-0.2, -0.15) is 0 Å². The lowest BCUT2D eigenvalue weighted by molar-refractivity contribution is -0.114. The number of para-hydroxylation sites is 2. The second kappa shape index (κ2) is 12.7. The number of rotatable bonds is 12. The molecule has 2 N–H and O–H groups in total. The smallest absolute Gasteiger partial charge is 0.264 e. The summed E-state index contributed by atoms with van der Waals surface area (Å²) in [6, 6.07) is 26.3. The zero-order valence-electron chi connectivity index (χ0n) is 22.4. The molecule has 10 nitrogen and oxygen atoms in total. The van der Waals surface area contributed by atoms with Crippen LogP contribution in [0.3, 0.4) is 0 Å². The number of anilines is 3. The number of ether oxygens (including phenoxy) is 2. The molecule has 4 aromatic carbocycles. The third-order valence-electron chi connectivity index (χ3n) is 5.84. The molecular formula is C29H29N3O7S2. The SMILES string of the molecule is CCOc1ccccc1N(CC(=O)Nc1ccc(S(=O)(=O)Nc2ccc(OC)cc2)cc1)S(=O)(=O)c1ccccc1. The minimum Gasteiger partial charge on any atom is -0.497 e. The monoisotopic (exact) mass is 595 g/mol. The first-order valence-corrected chi connectivity index (χ1v) is 15.4. The summed E-state index contributed by atoms with van der Waals surface area (Å²) in [7, 11) is -6.53. The average Bonchev–Trinajstić information content (AvgIpc) is 2.97. The molecule has 12 heteroatoms. The molecule has 0 bridgehead atoms. The third-order valence-corrected chi connectivity index (χ3v) is 9.01. The van der Waals surface area contributed by atoms with E-state index in [0.717, 1.165) is 4.31 Å². The van der Waals surface area contributed by atoms with Crippen molar-refractivity contribution >= 4 is 43.0 Å². The third kappa shape index (κ3) is 7.16. The molecule has 0 aromatic heterocycles. The van der Waals surface area contributed by atoms with E-state index in [0.29, 0.717) is 23.8 Å². The summed E-state index contributed by atoms with van der Waals surface area (Å²) < 4.78 is 67.1.